The molecule has 1 fully saturated rings. The van der Waals surface area contributed by atoms with E-state index in [1.54, 1.807) is 6.07 Å². The summed E-state index contributed by atoms with van der Waals surface area (Å²) in [6.45, 7) is 4.07. The summed E-state index contributed by atoms with van der Waals surface area (Å²) in [5, 5.41) is 9.37. The van der Waals surface area contributed by atoms with Crippen molar-refractivity contribution in [3.8, 4) is 0 Å². The highest BCUT2D eigenvalue weighted by atomic mass is 79.9. The molecule has 1 aromatic carbocycles. The predicted octanol–water partition coefficient (Wildman–Crippen LogP) is 3.67. The first-order valence-electron chi connectivity index (χ1n) is 6.86. The Bertz CT molecular complexity index is 499. The number of likely N-dealkylation sites (tertiary alicyclic amines) is 1. The normalized spacial score (nSPS) is 18.9. The van der Waals surface area contributed by atoms with Gasteiger partial charge in [0.2, 0.25) is 0 Å². The van der Waals surface area contributed by atoms with Gasteiger partial charge in [-0.05, 0) is 56.1 Å². The van der Waals surface area contributed by atoms with Crippen LogP contribution in [0.5, 0.6) is 0 Å². The quantitative estimate of drug-likeness (QED) is 0.906. The van der Waals surface area contributed by atoms with Gasteiger partial charge >= 0.3 is 5.97 Å². The fourth-order valence-electron chi connectivity index (χ4n) is 2.76. The summed E-state index contributed by atoms with van der Waals surface area (Å²) < 4.78 is 14.2. The summed E-state index contributed by atoms with van der Waals surface area (Å²) in [5.41, 5.74) is 0.333. The first-order chi connectivity index (χ1) is 9.47. The molecule has 5 heteroatoms. The number of hydrogen-bond acceptors (Lipinski definition) is 2. The largest absolute Gasteiger partial charge is 0.481 e. The van der Waals surface area contributed by atoms with Gasteiger partial charge in [-0.1, -0.05) is 22.9 Å². The van der Waals surface area contributed by atoms with Crippen molar-refractivity contribution in [1.82, 2.24) is 4.90 Å². The van der Waals surface area contributed by atoms with Crippen molar-refractivity contribution in [1.29, 1.82) is 0 Å². The maximum atomic E-state index is 13.3. The van der Waals surface area contributed by atoms with Crippen LogP contribution in [0.25, 0.3) is 0 Å². The van der Waals surface area contributed by atoms with Gasteiger partial charge in [-0.15, -0.1) is 0 Å². The number of hydrogen-bond donors (Lipinski definition) is 1. The van der Waals surface area contributed by atoms with E-state index in [0.29, 0.717) is 25.8 Å². The second-order valence-corrected chi connectivity index (χ2v) is 6.31. The number of rotatable bonds is 4. The average molecular weight is 344 g/mol. The van der Waals surface area contributed by atoms with E-state index >= 15 is 0 Å². The lowest BCUT2D eigenvalue weighted by Crippen LogP contribution is -2.43. The van der Waals surface area contributed by atoms with Crippen LogP contribution < -0.4 is 0 Å². The number of carboxylic acid groups (broad SMARTS) is 1. The Kier molecular flexibility index (Phi) is 4.81. The van der Waals surface area contributed by atoms with Crippen LogP contribution in [0.15, 0.2) is 22.7 Å². The third kappa shape index (κ3) is 3.20. The fraction of sp³-hybridized carbons (Fsp3) is 0.533. The molecular weight excluding hydrogens is 325 g/mol. The van der Waals surface area contributed by atoms with Gasteiger partial charge in [0.05, 0.1) is 5.41 Å². The summed E-state index contributed by atoms with van der Waals surface area (Å²) >= 11 is 3.43. The number of nitrogens with zero attached hydrogens (tertiary/aromatic N) is 1. The molecule has 0 aromatic heterocycles. The number of halogens is 2. The second-order valence-electron chi connectivity index (χ2n) is 5.45. The van der Waals surface area contributed by atoms with Crippen LogP contribution in [0.1, 0.15) is 31.7 Å². The molecule has 1 heterocycles. The predicted molar refractivity (Wildman–Crippen MR) is 79.0 cm³/mol. The van der Waals surface area contributed by atoms with Gasteiger partial charge in [0, 0.05) is 11.0 Å². The van der Waals surface area contributed by atoms with Gasteiger partial charge in [0.1, 0.15) is 5.82 Å². The van der Waals surface area contributed by atoms with Crippen LogP contribution in [0, 0.1) is 11.2 Å². The smallest absolute Gasteiger partial charge is 0.309 e. The fourth-order valence-corrected chi connectivity index (χ4v) is 3.14. The van der Waals surface area contributed by atoms with Gasteiger partial charge in [-0.3, -0.25) is 9.69 Å². The zero-order chi connectivity index (χ0) is 14.8. The Morgan fingerprint density at radius 1 is 1.45 bits per heavy atom. The van der Waals surface area contributed by atoms with E-state index in [0.717, 1.165) is 23.1 Å². The molecule has 1 saturated heterocycles. The van der Waals surface area contributed by atoms with Crippen molar-refractivity contribution >= 4 is 21.9 Å². The highest BCUT2D eigenvalue weighted by molar-refractivity contribution is 9.10. The number of carbonyl (C=O) groups is 1. The van der Waals surface area contributed by atoms with Gasteiger partial charge in [0.15, 0.2) is 0 Å². The van der Waals surface area contributed by atoms with Crippen molar-refractivity contribution in [3.05, 3.63) is 34.1 Å². The standard InChI is InChI=1S/C15H19BrFNO2/c1-2-15(14(19)20)5-7-18(8-6-15)10-11-9-12(17)3-4-13(11)16/h3-4,9H,2,5-8,10H2,1H3,(H,19,20). The first-order valence-corrected chi connectivity index (χ1v) is 7.66. The Hall–Kier alpha value is -0.940. The SMILES string of the molecule is CCC1(C(=O)O)CCN(Cc2cc(F)ccc2Br)CC1. The third-order valence-electron chi connectivity index (χ3n) is 4.35. The lowest BCUT2D eigenvalue weighted by molar-refractivity contribution is -0.152. The van der Waals surface area contributed by atoms with Gasteiger partial charge in [0.25, 0.3) is 0 Å². The minimum Gasteiger partial charge on any atom is -0.481 e. The molecule has 1 aromatic rings. The van der Waals surface area contributed by atoms with E-state index < -0.39 is 11.4 Å². The van der Waals surface area contributed by atoms with Crippen LogP contribution >= 0.6 is 15.9 Å². The number of piperidine rings is 1. The van der Waals surface area contributed by atoms with Crippen molar-refractivity contribution < 1.29 is 14.3 Å². The topological polar surface area (TPSA) is 40.5 Å². The molecule has 110 valence electrons. The molecule has 0 amide bonds. The van der Waals surface area contributed by atoms with E-state index in [9.17, 15) is 14.3 Å². The lowest BCUT2D eigenvalue weighted by atomic mass is 9.76. The molecular formula is C15H19BrFNO2. The minimum atomic E-state index is -0.688. The van der Waals surface area contributed by atoms with E-state index in [1.165, 1.54) is 12.1 Å². The molecule has 0 radical (unpaired) electrons. The van der Waals surface area contributed by atoms with Gasteiger partial charge in [-0.25, -0.2) is 4.39 Å². The molecule has 0 bridgehead atoms. The zero-order valence-corrected chi connectivity index (χ0v) is 13.1. The molecule has 1 aliphatic heterocycles. The second kappa shape index (κ2) is 6.22. The van der Waals surface area contributed by atoms with E-state index in [1.807, 2.05) is 6.92 Å². The summed E-state index contributed by atoms with van der Waals surface area (Å²) in [6.07, 6.45) is 1.98. The minimum absolute atomic E-state index is 0.242. The van der Waals surface area contributed by atoms with Gasteiger partial charge in [-0.2, -0.15) is 0 Å². The molecule has 3 nitrogen and oxygen atoms in total. The third-order valence-corrected chi connectivity index (χ3v) is 5.12. The first kappa shape index (κ1) is 15.4. The molecule has 1 aliphatic rings. The number of carboxylic acids is 1. The molecule has 0 spiro atoms. The number of benzene rings is 1. The van der Waals surface area contributed by atoms with Crippen molar-refractivity contribution in [2.75, 3.05) is 13.1 Å². The summed E-state index contributed by atoms with van der Waals surface area (Å²) in [4.78, 5) is 13.6. The average Bonchev–Trinajstić information content (AvgIpc) is 2.43. The molecule has 0 unspecified atom stereocenters. The Labute approximate surface area is 126 Å². The van der Waals surface area contributed by atoms with E-state index in [-0.39, 0.29) is 5.82 Å². The lowest BCUT2D eigenvalue weighted by Gasteiger charge is -2.38. The van der Waals surface area contributed by atoms with E-state index in [2.05, 4.69) is 20.8 Å². The summed E-state index contributed by atoms with van der Waals surface area (Å²) in [6, 6.07) is 4.67. The monoisotopic (exact) mass is 343 g/mol. The van der Waals surface area contributed by atoms with Crippen molar-refractivity contribution in [2.45, 2.75) is 32.7 Å². The molecule has 0 saturated carbocycles. The Morgan fingerprint density at radius 2 is 2.10 bits per heavy atom. The Balaban J connectivity index is 2.01. The molecule has 2 rings (SSSR count). The Morgan fingerprint density at radius 3 is 2.65 bits per heavy atom. The van der Waals surface area contributed by atoms with Crippen molar-refractivity contribution in [3.63, 3.8) is 0 Å². The van der Waals surface area contributed by atoms with Crippen LogP contribution in [0.2, 0.25) is 0 Å². The molecule has 20 heavy (non-hydrogen) atoms. The van der Waals surface area contributed by atoms with Gasteiger partial charge < -0.3 is 5.11 Å². The molecule has 0 atom stereocenters. The van der Waals surface area contributed by atoms with Crippen LogP contribution in [-0.2, 0) is 11.3 Å². The van der Waals surface area contributed by atoms with Crippen molar-refractivity contribution in [2.24, 2.45) is 5.41 Å². The maximum Gasteiger partial charge on any atom is 0.309 e. The maximum absolute atomic E-state index is 13.3. The number of aliphatic carboxylic acids is 1. The van der Waals surface area contributed by atoms with Crippen LogP contribution in [0.4, 0.5) is 4.39 Å². The highest BCUT2D eigenvalue weighted by Gasteiger charge is 2.39. The van der Waals surface area contributed by atoms with Crippen LogP contribution in [-0.4, -0.2) is 29.1 Å². The molecule has 0 aliphatic carbocycles. The molecule has 1 N–H and O–H groups in total. The zero-order valence-electron chi connectivity index (χ0n) is 11.5. The highest BCUT2D eigenvalue weighted by Crippen LogP contribution is 2.35. The van der Waals surface area contributed by atoms with Crippen LogP contribution in [0.3, 0.4) is 0 Å². The van der Waals surface area contributed by atoms with E-state index in [4.69, 9.17) is 0 Å². The summed E-state index contributed by atoms with van der Waals surface area (Å²) in [5.74, 6) is -0.930. The summed E-state index contributed by atoms with van der Waals surface area (Å²) in [7, 11) is 0.